The van der Waals surface area contributed by atoms with E-state index in [2.05, 4.69) is 11.5 Å². The average molecular weight is 155 g/mol. The van der Waals surface area contributed by atoms with E-state index < -0.39 is 0 Å². The summed E-state index contributed by atoms with van der Waals surface area (Å²) in [4.78, 5) is 0. The van der Waals surface area contributed by atoms with Gasteiger partial charge in [0.15, 0.2) is 6.23 Å². The number of aryl methyl sites for hydroxylation is 1. The van der Waals surface area contributed by atoms with Crippen molar-refractivity contribution >= 4 is 0 Å². The molecule has 1 aromatic heterocycles. The Bertz CT molecular complexity index is 220. The van der Waals surface area contributed by atoms with Crippen LogP contribution in [0.15, 0.2) is 18.7 Å². The summed E-state index contributed by atoms with van der Waals surface area (Å²) < 4.78 is 9.28. The van der Waals surface area contributed by atoms with E-state index in [1.165, 1.54) is 0 Å². The molecule has 0 saturated heterocycles. The summed E-state index contributed by atoms with van der Waals surface area (Å²) in [5.74, 6) is 0. The predicted molar refractivity (Wildman–Crippen MR) is 42.0 cm³/mol. The quantitative estimate of drug-likeness (QED) is 0.594. The molecule has 0 spiro atoms. The number of rotatable bonds is 3. The largest absolute Gasteiger partial charge is 0.343 e. The molecule has 1 rings (SSSR count). The molecule has 0 amide bonds. The molecular weight excluding hydrogens is 140 g/mol. The standard InChI is InChI=1S/C8H15N2O/c1-4-9-5-6-10(7-9)8(2)11-3/h5-8H,4H2,1-3H3/q+1. The van der Waals surface area contributed by atoms with E-state index in [0.29, 0.717) is 0 Å². The lowest BCUT2D eigenvalue weighted by atomic mass is 10.6. The molecule has 1 heterocycles. The number of imidazole rings is 1. The van der Waals surface area contributed by atoms with Crippen LogP contribution in [-0.4, -0.2) is 11.7 Å². The van der Waals surface area contributed by atoms with Crippen LogP contribution in [0.2, 0.25) is 0 Å². The lowest BCUT2D eigenvalue weighted by Crippen LogP contribution is -2.29. The summed E-state index contributed by atoms with van der Waals surface area (Å²) in [5.41, 5.74) is 0. The molecular formula is C8H15N2O+. The Hall–Kier alpha value is -0.830. The first-order chi connectivity index (χ1) is 5.27. The molecule has 0 saturated carbocycles. The van der Waals surface area contributed by atoms with Gasteiger partial charge in [-0.05, 0) is 6.92 Å². The third-order valence-electron chi connectivity index (χ3n) is 1.84. The van der Waals surface area contributed by atoms with Gasteiger partial charge in [0.1, 0.15) is 12.4 Å². The van der Waals surface area contributed by atoms with E-state index in [1.807, 2.05) is 30.2 Å². The minimum absolute atomic E-state index is 0.128. The molecule has 0 aliphatic heterocycles. The second-order valence-electron chi connectivity index (χ2n) is 2.53. The Morgan fingerprint density at radius 2 is 2.36 bits per heavy atom. The van der Waals surface area contributed by atoms with Gasteiger partial charge in [-0.15, -0.1) is 0 Å². The van der Waals surface area contributed by atoms with Gasteiger partial charge in [0.2, 0.25) is 6.33 Å². The average Bonchev–Trinajstić information content (AvgIpc) is 2.50. The smallest absolute Gasteiger partial charge is 0.245 e. The minimum atomic E-state index is 0.128. The highest BCUT2D eigenvalue weighted by Crippen LogP contribution is 2.02. The zero-order valence-corrected chi connectivity index (χ0v) is 7.32. The number of ether oxygens (including phenoxy) is 1. The van der Waals surface area contributed by atoms with Crippen LogP contribution >= 0.6 is 0 Å². The number of nitrogens with zero attached hydrogens (tertiary/aromatic N) is 2. The van der Waals surface area contributed by atoms with E-state index in [9.17, 15) is 0 Å². The molecule has 0 aliphatic carbocycles. The zero-order valence-electron chi connectivity index (χ0n) is 7.32. The van der Waals surface area contributed by atoms with Crippen LogP contribution in [0.4, 0.5) is 0 Å². The van der Waals surface area contributed by atoms with Gasteiger partial charge in [-0.25, -0.2) is 9.13 Å². The summed E-state index contributed by atoms with van der Waals surface area (Å²) in [7, 11) is 1.71. The highest BCUT2D eigenvalue weighted by atomic mass is 16.5. The molecule has 1 unspecified atom stereocenters. The van der Waals surface area contributed by atoms with Crippen LogP contribution in [0.1, 0.15) is 20.1 Å². The monoisotopic (exact) mass is 155 g/mol. The van der Waals surface area contributed by atoms with E-state index in [-0.39, 0.29) is 6.23 Å². The van der Waals surface area contributed by atoms with Crippen LogP contribution in [-0.2, 0) is 11.3 Å². The Balaban J connectivity index is 2.71. The van der Waals surface area contributed by atoms with E-state index in [1.54, 1.807) is 7.11 Å². The summed E-state index contributed by atoms with van der Waals surface area (Å²) in [6, 6.07) is 0. The number of hydrogen-bond acceptors (Lipinski definition) is 1. The van der Waals surface area contributed by atoms with Crippen LogP contribution in [0.3, 0.4) is 0 Å². The van der Waals surface area contributed by atoms with Crippen molar-refractivity contribution in [3.8, 4) is 0 Å². The SMILES string of the molecule is CC[n+]1ccn(C(C)OC)c1. The van der Waals surface area contributed by atoms with Crippen LogP contribution < -0.4 is 4.57 Å². The zero-order chi connectivity index (χ0) is 8.27. The third-order valence-corrected chi connectivity index (χ3v) is 1.84. The Morgan fingerprint density at radius 1 is 1.64 bits per heavy atom. The second-order valence-corrected chi connectivity index (χ2v) is 2.53. The Morgan fingerprint density at radius 3 is 2.82 bits per heavy atom. The van der Waals surface area contributed by atoms with Gasteiger partial charge in [0.25, 0.3) is 0 Å². The number of methoxy groups -OCH3 is 1. The fourth-order valence-electron chi connectivity index (χ4n) is 0.935. The van der Waals surface area contributed by atoms with Crippen molar-refractivity contribution in [2.45, 2.75) is 26.6 Å². The maximum absolute atomic E-state index is 5.14. The van der Waals surface area contributed by atoms with E-state index in [0.717, 1.165) is 6.54 Å². The fourth-order valence-corrected chi connectivity index (χ4v) is 0.935. The van der Waals surface area contributed by atoms with Crippen molar-refractivity contribution in [3.63, 3.8) is 0 Å². The van der Waals surface area contributed by atoms with Gasteiger partial charge in [-0.2, -0.15) is 0 Å². The maximum Gasteiger partial charge on any atom is 0.245 e. The van der Waals surface area contributed by atoms with Crippen molar-refractivity contribution in [3.05, 3.63) is 18.7 Å². The van der Waals surface area contributed by atoms with E-state index >= 15 is 0 Å². The molecule has 3 nitrogen and oxygen atoms in total. The summed E-state index contributed by atoms with van der Waals surface area (Å²) >= 11 is 0. The molecule has 1 atom stereocenters. The van der Waals surface area contributed by atoms with Crippen LogP contribution in [0, 0.1) is 0 Å². The van der Waals surface area contributed by atoms with Gasteiger partial charge >= 0.3 is 0 Å². The molecule has 0 aliphatic rings. The Kier molecular flexibility index (Phi) is 2.65. The molecule has 0 fully saturated rings. The summed E-state index contributed by atoms with van der Waals surface area (Å²) in [6.07, 6.45) is 6.21. The molecule has 62 valence electrons. The molecule has 0 N–H and O–H groups in total. The maximum atomic E-state index is 5.14. The minimum Gasteiger partial charge on any atom is -0.343 e. The molecule has 1 aromatic rings. The molecule has 0 aromatic carbocycles. The molecule has 11 heavy (non-hydrogen) atoms. The van der Waals surface area contributed by atoms with Gasteiger partial charge in [-0.3, -0.25) is 0 Å². The number of hydrogen-bond donors (Lipinski definition) is 0. The fraction of sp³-hybridized carbons (Fsp3) is 0.625. The second kappa shape index (κ2) is 3.53. The normalized spacial score (nSPS) is 13.4. The highest BCUT2D eigenvalue weighted by molar-refractivity contribution is 4.67. The van der Waals surface area contributed by atoms with Gasteiger partial charge in [-0.1, -0.05) is 0 Å². The van der Waals surface area contributed by atoms with Crippen molar-refractivity contribution in [1.29, 1.82) is 0 Å². The number of aromatic nitrogens is 2. The van der Waals surface area contributed by atoms with Crippen molar-refractivity contribution < 1.29 is 9.30 Å². The molecule has 0 radical (unpaired) electrons. The van der Waals surface area contributed by atoms with Gasteiger partial charge < -0.3 is 4.74 Å². The predicted octanol–water partition coefficient (Wildman–Crippen LogP) is 0.960. The van der Waals surface area contributed by atoms with Crippen LogP contribution in [0.25, 0.3) is 0 Å². The first-order valence-corrected chi connectivity index (χ1v) is 3.87. The molecule has 0 bridgehead atoms. The topological polar surface area (TPSA) is 18.0 Å². The highest BCUT2D eigenvalue weighted by Gasteiger charge is 2.08. The van der Waals surface area contributed by atoms with Crippen molar-refractivity contribution in [2.75, 3.05) is 7.11 Å². The van der Waals surface area contributed by atoms with Crippen LogP contribution in [0.5, 0.6) is 0 Å². The lowest BCUT2D eigenvalue weighted by molar-refractivity contribution is -0.693. The first-order valence-electron chi connectivity index (χ1n) is 3.87. The summed E-state index contributed by atoms with van der Waals surface area (Å²) in [5, 5.41) is 0. The van der Waals surface area contributed by atoms with Gasteiger partial charge in [0, 0.05) is 14.0 Å². The Labute approximate surface area is 67.2 Å². The molecule has 3 heteroatoms. The van der Waals surface area contributed by atoms with E-state index in [4.69, 9.17) is 4.74 Å². The van der Waals surface area contributed by atoms with Crippen molar-refractivity contribution in [1.82, 2.24) is 4.57 Å². The first kappa shape index (κ1) is 8.27. The van der Waals surface area contributed by atoms with Gasteiger partial charge in [0.05, 0.1) is 6.54 Å². The summed E-state index contributed by atoms with van der Waals surface area (Å²) in [6.45, 7) is 5.13. The third kappa shape index (κ3) is 1.80. The van der Waals surface area contributed by atoms with Crippen molar-refractivity contribution in [2.24, 2.45) is 0 Å². The lowest BCUT2D eigenvalue weighted by Gasteiger charge is -2.03.